The lowest BCUT2D eigenvalue weighted by molar-refractivity contribution is -0.126. The Labute approximate surface area is 179 Å². The molecule has 2 amide bonds. The van der Waals surface area contributed by atoms with E-state index >= 15 is 0 Å². The predicted molar refractivity (Wildman–Crippen MR) is 115 cm³/mol. The second-order valence-corrected chi connectivity index (χ2v) is 8.31. The van der Waals surface area contributed by atoms with Crippen LogP contribution in [0, 0.1) is 11.2 Å². The molecule has 4 rings (SSSR count). The largest absolute Gasteiger partial charge is 0.490 e. The molecule has 1 aromatic heterocycles. The van der Waals surface area contributed by atoms with E-state index in [0.717, 1.165) is 0 Å². The normalized spacial score (nSPS) is 13.4. The molecule has 7 nitrogen and oxygen atoms in total. The molecular weight excluding hydrogens is 399 g/mol. The molecule has 1 N–H and O–H groups in total. The number of carbonyl (C=O) groups is 2. The number of nitrogens with one attached hydrogen (secondary N) is 1. The average Bonchev–Trinajstić information content (AvgIpc) is 3.26. The fourth-order valence-electron chi connectivity index (χ4n) is 3.36. The van der Waals surface area contributed by atoms with Crippen LogP contribution in [0.2, 0.25) is 0 Å². The second kappa shape index (κ2) is 7.86. The number of fused-ring (bicyclic) bond motifs is 1. The van der Waals surface area contributed by atoms with Gasteiger partial charge in [-0.1, -0.05) is 20.8 Å². The molecule has 1 aliphatic rings. The molecule has 0 aliphatic carbocycles. The summed E-state index contributed by atoms with van der Waals surface area (Å²) in [6.45, 7) is 6.41. The fourth-order valence-corrected chi connectivity index (χ4v) is 3.36. The first-order valence-corrected chi connectivity index (χ1v) is 9.94. The van der Waals surface area contributed by atoms with Crippen LogP contribution >= 0.6 is 0 Å². The van der Waals surface area contributed by atoms with Crippen molar-refractivity contribution in [3.8, 4) is 11.4 Å². The summed E-state index contributed by atoms with van der Waals surface area (Å²) in [5.74, 6) is -0.471. The lowest BCUT2D eigenvalue weighted by Gasteiger charge is -2.34. The molecule has 8 heteroatoms. The van der Waals surface area contributed by atoms with Crippen LogP contribution in [-0.4, -0.2) is 34.7 Å². The van der Waals surface area contributed by atoms with E-state index in [-0.39, 0.29) is 17.2 Å². The van der Waals surface area contributed by atoms with Gasteiger partial charge in [0.15, 0.2) is 0 Å². The van der Waals surface area contributed by atoms with E-state index < -0.39 is 17.1 Å². The van der Waals surface area contributed by atoms with Crippen molar-refractivity contribution in [2.45, 2.75) is 20.8 Å². The molecule has 3 aromatic rings. The van der Waals surface area contributed by atoms with Crippen molar-refractivity contribution in [1.29, 1.82) is 0 Å². The van der Waals surface area contributed by atoms with Crippen molar-refractivity contribution in [2.24, 2.45) is 5.41 Å². The Morgan fingerprint density at radius 2 is 1.94 bits per heavy atom. The van der Waals surface area contributed by atoms with E-state index in [4.69, 9.17) is 4.74 Å². The topological polar surface area (TPSA) is 76.5 Å². The first-order valence-electron chi connectivity index (χ1n) is 9.94. The molecule has 0 atom stereocenters. The highest BCUT2D eigenvalue weighted by atomic mass is 19.1. The van der Waals surface area contributed by atoms with Gasteiger partial charge in [0.05, 0.1) is 12.2 Å². The second-order valence-electron chi connectivity index (χ2n) is 8.31. The Morgan fingerprint density at radius 1 is 1.13 bits per heavy atom. The molecule has 0 fully saturated rings. The van der Waals surface area contributed by atoms with Gasteiger partial charge in [-0.05, 0) is 42.5 Å². The average molecular weight is 422 g/mol. The minimum Gasteiger partial charge on any atom is -0.490 e. The highest BCUT2D eigenvalue weighted by Crippen LogP contribution is 2.36. The zero-order chi connectivity index (χ0) is 22.2. The van der Waals surface area contributed by atoms with Gasteiger partial charge < -0.3 is 15.0 Å². The fraction of sp³-hybridized carbons (Fsp3) is 0.261. The summed E-state index contributed by atoms with van der Waals surface area (Å²) in [6, 6.07) is 11.0. The maximum atomic E-state index is 14.5. The Balaban J connectivity index is 1.57. The molecule has 0 saturated carbocycles. The Hall–Kier alpha value is -3.68. The minimum atomic E-state index is -0.558. The van der Waals surface area contributed by atoms with Crippen molar-refractivity contribution in [3.63, 3.8) is 0 Å². The van der Waals surface area contributed by atoms with Crippen LogP contribution in [0.5, 0.6) is 5.75 Å². The Bertz CT molecular complexity index is 1140. The number of hydrogen-bond acceptors (Lipinski definition) is 4. The van der Waals surface area contributed by atoms with Crippen LogP contribution in [0.15, 0.2) is 54.9 Å². The van der Waals surface area contributed by atoms with Crippen molar-refractivity contribution in [2.75, 3.05) is 23.4 Å². The van der Waals surface area contributed by atoms with E-state index in [1.165, 1.54) is 22.9 Å². The van der Waals surface area contributed by atoms with E-state index in [2.05, 4.69) is 10.4 Å². The standard InChI is InChI=1S/C23H23FN4O3/c1-23(2,3)22(30)27-11-12-31-20-8-6-16(14-19(20)27)26-21(29)15-5-7-18(17(24)13-15)28-10-4-9-25-28/h4-10,13-14H,11-12H2,1-3H3,(H,26,29). The number of hydrogen-bond donors (Lipinski definition) is 1. The van der Waals surface area contributed by atoms with Gasteiger partial charge in [0, 0.05) is 29.1 Å². The number of ether oxygens (including phenoxy) is 1. The van der Waals surface area contributed by atoms with Crippen molar-refractivity contribution in [1.82, 2.24) is 9.78 Å². The molecule has 0 unspecified atom stereocenters. The molecule has 0 saturated heterocycles. The molecule has 31 heavy (non-hydrogen) atoms. The maximum Gasteiger partial charge on any atom is 0.255 e. The summed E-state index contributed by atoms with van der Waals surface area (Å²) < 4.78 is 21.5. The first kappa shape index (κ1) is 20.6. The highest BCUT2D eigenvalue weighted by Gasteiger charge is 2.32. The zero-order valence-electron chi connectivity index (χ0n) is 17.6. The summed E-state index contributed by atoms with van der Waals surface area (Å²) in [5, 5.41) is 6.77. The van der Waals surface area contributed by atoms with Crippen LogP contribution in [0.1, 0.15) is 31.1 Å². The van der Waals surface area contributed by atoms with Crippen molar-refractivity contribution < 1.29 is 18.7 Å². The molecule has 0 bridgehead atoms. The first-order chi connectivity index (χ1) is 14.7. The molecule has 160 valence electrons. The smallest absolute Gasteiger partial charge is 0.255 e. The lowest BCUT2D eigenvalue weighted by Crippen LogP contribution is -2.44. The summed E-state index contributed by atoms with van der Waals surface area (Å²) in [4.78, 5) is 27.2. The summed E-state index contributed by atoms with van der Waals surface area (Å²) in [6.07, 6.45) is 3.17. The highest BCUT2D eigenvalue weighted by molar-refractivity contribution is 6.05. The van der Waals surface area contributed by atoms with E-state index in [0.29, 0.717) is 30.3 Å². The van der Waals surface area contributed by atoms with E-state index in [1.807, 2.05) is 20.8 Å². The van der Waals surface area contributed by atoms with Gasteiger partial charge in [0.1, 0.15) is 23.9 Å². The third-order valence-corrected chi connectivity index (χ3v) is 4.93. The number of aromatic nitrogens is 2. The van der Waals surface area contributed by atoms with Crippen LogP contribution in [-0.2, 0) is 4.79 Å². The SMILES string of the molecule is CC(C)(C)C(=O)N1CCOc2ccc(NC(=O)c3ccc(-n4cccn4)c(F)c3)cc21. The summed E-state index contributed by atoms with van der Waals surface area (Å²) >= 11 is 0. The lowest BCUT2D eigenvalue weighted by atomic mass is 9.94. The third kappa shape index (κ3) is 4.14. The van der Waals surface area contributed by atoms with Crippen LogP contribution in [0.3, 0.4) is 0 Å². The number of nitrogens with zero attached hydrogens (tertiary/aromatic N) is 3. The monoisotopic (exact) mass is 422 g/mol. The van der Waals surface area contributed by atoms with Gasteiger partial charge in [-0.2, -0.15) is 5.10 Å². The van der Waals surface area contributed by atoms with E-state index in [9.17, 15) is 14.0 Å². The molecule has 1 aliphatic heterocycles. The number of rotatable bonds is 3. The van der Waals surface area contributed by atoms with Gasteiger partial charge in [-0.25, -0.2) is 9.07 Å². The number of carbonyl (C=O) groups excluding carboxylic acids is 2. The molecule has 0 spiro atoms. The van der Waals surface area contributed by atoms with Crippen LogP contribution < -0.4 is 15.0 Å². The molecule has 0 radical (unpaired) electrons. The van der Waals surface area contributed by atoms with Gasteiger partial charge in [0.25, 0.3) is 5.91 Å². The zero-order valence-corrected chi connectivity index (χ0v) is 17.6. The predicted octanol–water partition coefficient (Wildman–Crippen LogP) is 4.04. The number of amides is 2. The maximum absolute atomic E-state index is 14.5. The van der Waals surface area contributed by atoms with Gasteiger partial charge in [-0.15, -0.1) is 0 Å². The summed E-state index contributed by atoms with van der Waals surface area (Å²) in [5.41, 5.74) is 0.956. The van der Waals surface area contributed by atoms with Gasteiger partial charge in [0.2, 0.25) is 5.91 Å². The number of anilines is 2. The van der Waals surface area contributed by atoms with Gasteiger partial charge in [-0.3, -0.25) is 9.59 Å². The minimum absolute atomic E-state index is 0.0307. The summed E-state index contributed by atoms with van der Waals surface area (Å²) in [7, 11) is 0. The van der Waals surface area contributed by atoms with Gasteiger partial charge >= 0.3 is 0 Å². The molecule has 2 heterocycles. The molecular formula is C23H23FN4O3. The number of halogens is 1. The van der Waals surface area contributed by atoms with Crippen LogP contribution in [0.25, 0.3) is 5.69 Å². The van der Waals surface area contributed by atoms with Crippen molar-refractivity contribution >= 4 is 23.2 Å². The van der Waals surface area contributed by atoms with Crippen molar-refractivity contribution in [3.05, 3.63) is 66.2 Å². The quantitative estimate of drug-likeness (QED) is 0.691. The van der Waals surface area contributed by atoms with Crippen LogP contribution in [0.4, 0.5) is 15.8 Å². The number of benzene rings is 2. The Morgan fingerprint density at radius 3 is 2.61 bits per heavy atom. The molecule has 2 aromatic carbocycles. The Kier molecular flexibility index (Phi) is 5.22. The third-order valence-electron chi connectivity index (χ3n) is 4.93. The van der Waals surface area contributed by atoms with E-state index in [1.54, 1.807) is 41.6 Å².